The van der Waals surface area contributed by atoms with E-state index in [-0.39, 0.29) is 30.3 Å². The first-order valence-corrected chi connectivity index (χ1v) is 10.1. The minimum atomic E-state index is -3.00. The van der Waals surface area contributed by atoms with Gasteiger partial charge < -0.3 is 19.9 Å². The van der Waals surface area contributed by atoms with Crippen LogP contribution in [0.4, 0.5) is 5.82 Å². The lowest BCUT2D eigenvalue weighted by Gasteiger charge is -2.12. The van der Waals surface area contributed by atoms with E-state index in [9.17, 15) is 19.4 Å². The van der Waals surface area contributed by atoms with E-state index in [0.717, 1.165) is 0 Å². The Morgan fingerprint density at radius 2 is 2.07 bits per heavy atom. The first kappa shape index (κ1) is 19.5. The van der Waals surface area contributed by atoms with Crippen molar-refractivity contribution in [3.63, 3.8) is 0 Å². The van der Waals surface area contributed by atoms with Gasteiger partial charge in [-0.2, -0.15) is 0 Å². The third-order valence-corrected chi connectivity index (χ3v) is 5.52. The highest BCUT2D eigenvalue weighted by Crippen LogP contribution is 2.40. The molecule has 1 amide bonds. The first-order valence-electron chi connectivity index (χ1n) is 9.02. The highest BCUT2D eigenvalue weighted by molar-refractivity contribution is 7.30. The van der Waals surface area contributed by atoms with E-state index in [4.69, 9.17) is 4.52 Å². The molecule has 1 aliphatic rings. The third-order valence-electron chi connectivity index (χ3n) is 5.08. The van der Waals surface area contributed by atoms with Crippen molar-refractivity contribution in [3.05, 3.63) is 48.5 Å². The first-order chi connectivity index (χ1) is 14.1. The fraction of sp³-hybridized carbons (Fsp3) is 0.333. The summed E-state index contributed by atoms with van der Waals surface area (Å²) in [7, 11) is -3.00. The summed E-state index contributed by atoms with van der Waals surface area (Å²) < 4.78 is 17.7. The second-order valence-electron chi connectivity index (χ2n) is 6.80. The molecule has 1 saturated carbocycles. The molecule has 4 atom stereocenters. The van der Waals surface area contributed by atoms with E-state index in [0.29, 0.717) is 29.6 Å². The fourth-order valence-corrected chi connectivity index (χ4v) is 4.18. The summed E-state index contributed by atoms with van der Waals surface area (Å²) in [6.45, 7) is -0.176. The van der Waals surface area contributed by atoms with Crippen molar-refractivity contribution < 1.29 is 23.9 Å². The lowest BCUT2D eigenvalue weighted by atomic mass is 10.1. The number of nitrogens with zero attached hydrogens (tertiary/aromatic N) is 4. The van der Waals surface area contributed by atoms with E-state index in [1.54, 1.807) is 35.2 Å². The van der Waals surface area contributed by atoms with Crippen molar-refractivity contribution in [3.8, 4) is 0 Å². The van der Waals surface area contributed by atoms with Gasteiger partial charge in [0.25, 0.3) is 5.91 Å². The number of carbonyl (C=O) groups is 1. The van der Waals surface area contributed by atoms with Crippen LogP contribution in [-0.4, -0.2) is 43.2 Å². The zero-order valence-electron chi connectivity index (χ0n) is 15.2. The van der Waals surface area contributed by atoms with E-state index >= 15 is 0 Å². The number of aliphatic hydroxyl groups excluding tert-OH is 1. The second kappa shape index (κ2) is 8.30. The van der Waals surface area contributed by atoms with Gasteiger partial charge in [-0.25, -0.2) is 15.0 Å². The summed E-state index contributed by atoms with van der Waals surface area (Å²) in [6.07, 6.45) is 3.24. The van der Waals surface area contributed by atoms with Crippen molar-refractivity contribution in [1.29, 1.82) is 0 Å². The molecule has 0 aliphatic heterocycles. The van der Waals surface area contributed by atoms with Crippen molar-refractivity contribution in [2.24, 2.45) is 5.92 Å². The summed E-state index contributed by atoms with van der Waals surface area (Å²) in [5.74, 6) is -0.326. The highest BCUT2D eigenvalue weighted by atomic mass is 31.1. The van der Waals surface area contributed by atoms with Crippen LogP contribution in [0.5, 0.6) is 0 Å². The average molecular weight is 415 g/mol. The molecular weight excluding hydrogens is 397 g/mol. The second-order valence-corrected chi connectivity index (χ2v) is 7.46. The summed E-state index contributed by atoms with van der Waals surface area (Å²) in [6, 6.07) is 8.60. The van der Waals surface area contributed by atoms with Crippen molar-refractivity contribution in [2.75, 3.05) is 11.9 Å². The number of nitrogens with one attached hydrogen (secondary N) is 1. The molecule has 10 nitrogen and oxygen atoms in total. The molecule has 2 aromatic heterocycles. The number of aliphatic hydroxyl groups is 1. The molecule has 4 rings (SSSR count). The molecule has 2 heterocycles. The monoisotopic (exact) mass is 415 g/mol. The summed E-state index contributed by atoms with van der Waals surface area (Å²) in [4.78, 5) is 36.1. The third kappa shape index (κ3) is 4.01. The molecule has 0 saturated heterocycles. The fourth-order valence-electron chi connectivity index (χ4n) is 3.70. The summed E-state index contributed by atoms with van der Waals surface area (Å²) in [5, 5.41) is 12.3. The predicted molar refractivity (Wildman–Crippen MR) is 101 cm³/mol. The number of aromatic nitrogens is 4. The zero-order valence-corrected chi connectivity index (χ0v) is 16.1. The van der Waals surface area contributed by atoms with Gasteiger partial charge in [0.15, 0.2) is 17.0 Å². The normalized spacial score (nSPS) is 22.0. The molecule has 3 aromatic rings. The number of benzene rings is 1. The summed E-state index contributed by atoms with van der Waals surface area (Å²) >= 11 is 0. The van der Waals surface area contributed by atoms with Gasteiger partial charge in [0, 0.05) is 24.1 Å². The van der Waals surface area contributed by atoms with Crippen molar-refractivity contribution in [2.45, 2.75) is 25.0 Å². The molecule has 29 heavy (non-hydrogen) atoms. The number of hydrogen-bond donors (Lipinski definition) is 2. The molecular formula is C18H18N5O5P. The molecule has 0 bridgehead atoms. The molecule has 150 valence electrons. The van der Waals surface area contributed by atoms with Crippen LogP contribution in [0.2, 0.25) is 0 Å². The minimum Gasteiger partial charge on any atom is -0.566 e. The number of fused-ring (bicyclic) bond motifs is 1. The van der Waals surface area contributed by atoms with Gasteiger partial charge in [0.2, 0.25) is 0 Å². The molecule has 2 N–H and O–H groups in total. The number of hydrogen-bond acceptors (Lipinski definition) is 8. The Labute approximate surface area is 166 Å². The van der Waals surface area contributed by atoms with E-state index in [1.165, 1.54) is 6.33 Å². The van der Waals surface area contributed by atoms with Gasteiger partial charge >= 0.3 is 8.25 Å². The van der Waals surface area contributed by atoms with E-state index in [1.807, 2.05) is 6.07 Å². The smallest absolute Gasteiger partial charge is 0.488 e. The molecule has 0 spiro atoms. The van der Waals surface area contributed by atoms with Crippen molar-refractivity contribution >= 4 is 31.1 Å². The average Bonchev–Trinajstić information content (AvgIpc) is 3.32. The Morgan fingerprint density at radius 1 is 1.28 bits per heavy atom. The standard InChI is InChI=1S/C18H18N5O5P/c24-8-12-6-13(7-14(12)28-29(26)27)23-10-21-15-16(19-9-20-17(15)23)22-18(25)11-4-2-1-3-5-11/h1-5,9-10,12-14,24H,6-8H2,(H,19,20,22,25)/t12-,13-,14+/m1/s1. The maximum Gasteiger partial charge on any atom is 0.488 e. The minimum absolute atomic E-state index is 0.148. The van der Waals surface area contributed by atoms with Gasteiger partial charge in [0.05, 0.1) is 6.33 Å². The molecule has 1 fully saturated rings. The Bertz CT molecular complexity index is 1040. The molecule has 1 aromatic carbocycles. The predicted octanol–water partition coefficient (Wildman–Crippen LogP) is 1.42. The molecule has 1 aliphatic carbocycles. The molecule has 1 unspecified atom stereocenters. The Hall–Kier alpha value is -2.78. The SMILES string of the molecule is O=C(Nc1ncnc2c1ncn2[C@@H]1C[C@H](CO)[C@@H](O[P+](=O)[O-])C1)c1ccccc1. The van der Waals surface area contributed by atoms with Crippen LogP contribution < -0.4 is 10.2 Å². The number of carbonyl (C=O) groups excluding carboxylic acids is 1. The Balaban J connectivity index is 1.59. The van der Waals surface area contributed by atoms with Crippen LogP contribution in [0.1, 0.15) is 29.2 Å². The van der Waals surface area contributed by atoms with Gasteiger partial charge in [-0.3, -0.25) is 4.79 Å². The highest BCUT2D eigenvalue weighted by Gasteiger charge is 2.39. The van der Waals surface area contributed by atoms with Crippen LogP contribution in [0.25, 0.3) is 11.2 Å². The molecule has 11 heteroatoms. The Morgan fingerprint density at radius 3 is 2.79 bits per heavy atom. The van der Waals surface area contributed by atoms with Gasteiger partial charge in [-0.1, -0.05) is 18.2 Å². The van der Waals surface area contributed by atoms with Crippen LogP contribution >= 0.6 is 8.25 Å². The van der Waals surface area contributed by atoms with Crippen LogP contribution in [0.3, 0.4) is 0 Å². The maximum atomic E-state index is 12.4. The summed E-state index contributed by atoms with van der Waals surface area (Å²) in [5.41, 5.74) is 1.43. The zero-order chi connectivity index (χ0) is 20.4. The van der Waals surface area contributed by atoms with Crippen molar-refractivity contribution in [1.82, 2.24) is 19.5 Å². The van der Waals surface area contributed by atoms with Gasteiger partial charge in [-0.15, -0.1) is 4.52 Å². The number of anilines is 1. The maximum absolute atomic E-state index is 12.4. The van der Waals surface area contributed by atoms with Crippen LogP contribution in [-0.2, 0) is 9.09 Å². The largest absolute Gasteiger partial charge is 0.566 e. The quantitative estimate of drug-likeness (QED) is 0.576. The van der Waals surface area contributed by atoms with Gasteiger partial charge in [0.1, 0.15) is 12.4 Å². The van der Waals surface area contributed by atoms with E-state index in [2.05, 4.69) is 20.3 Å². The number of amides is 1. The van der Waals surface area contributed by atoms with Gasteiger partial charge in [-0.05, 0) is 29.5 Å². The number of rotatable bonds is 6. The Kier molecular flexibility index (Phi) is 5.59. The lowest BCUT2D eigenvalue weighted by molar-refractivity contribution is -0.190. The van der Waals surface area contributed by atoms with Crippen LogP contribution in [0, 0.1) is 5.92 Å². The number of imidazole rings is 1. The topological polar surface area (TPSA) is 142 Å². The van der Waals surface area contributed by atoms with Crippen LogP contribution in [0.15, 0.2) is 43.0 Å². The lowest BCUT2D eigenvalue weighted by Crippen LogP contribution is -2.19. The van der Waals surface area contributed by atoms with E-state index < -0.39 is 14.4 Å². The molecule has 0 radical (unpaired) electrons.